The molecule has 0 aromatic heterocycles. The second-order valence-corrected chi connectivity index (χ2v) is 8.75. The Morgan fingerprint density at radius 2 is 1.63 bits per heavy atom. The van der Waals surface area contributed by atoms with Crippen molar-refractivity contribution in [3.05, 3.63) is 59.7 Å². The Kier molecular flexibility index (Phi) is 5.52. The van der Waals surface area contributed by atoms with Gasteiger partial charge in [0.2, 0.25) is 0 Å². The van der Waals surface area contributed by atoms with E-state index in [0.717, 1.165) is 0 Å². The molecule has 0 unspecified atom stereocenters. The predicted octanol–water partition coefficient (Wildman–Crippen LogP) is 3.25. The highest BCUT2D eigenvalue weighted by atomic mass is 16.5. The van der Waals surface area contributed by atoms with Gasteiger partial charge in [-0.3, -0.25) is 9.59 Å². The van der Waals surface area contributed by atoms with Crippen LogP contribution in [0.5, 0.6) is 5.75 Å². The lowest BCUT2D eigenvalue weighted by molar-refractivity contribution is -0.142. The molecule has 0 radical (unpaired) electrons. The fourth-order valence-corrected chi connectivity index (χ4v) is 3.81. The van der Waals surface area contributed by atoms with E-state index in [9.17, 15) is 9.59 Å². The second-order valence-electron chi connectivity index (χ2n) is 8.75. The van der Waals surface area contributed by atoms with Gasteiger partial charge in [0.05, 0.1) is 25.4 Å². The maximum Gasteiger partial charge on any atom is 0.265 e. The second kappa shape index (κ2) is 8.11. The molecule has 2 aliphatic rings. The highest BCUT2D eigenvalue weighted by Crippen LogP contribution is 2.35. The lowest BCUT2D eigenvalue weighted by atomic mass is 9.86. The van der Waals surface area contributed by atoms with E-state index in [1.54, 1.807) is 15.9 Å². The summed E-state index contributed by atoms with van der Waals surface area (Å²) < 4.78 is 11.3. The smallest absolute Gasteiger partial charge is 0.265 e. The predicted molar refractivity (Wildman–Crippen MR) is 115 cm³/mol. The molecule has 4 rings (SSSR count). The van der Waals surface area contributed by atoms with Crippen molar-refractivity contribution in [3.8, 4) is 5.75 Å². The molecule has 0 N–H and O–H groups in total. The van der Waals surface area contributed by atoms with Crippen LogP contribution in [0.15, 0.2) is 48.5 Å². The SMILES string of the molecule is CC(C)(C)c1ccc(C(=O)N2C[C@@H](C(=O)N3CCOCC3)Oc3ccccc32)cc1. The van der Waals surface area contributed by atoms with Crippen LogP contribution in [0.25, 0.3) is 0 Å². The molecule has 2 amide bonds. The minimum Gasteiger partial charge on any atom is -0.476 e. The number of carbonyl (C=O) groups is 2. The summed E-state index contributed by atoms with van der Waals surface area (Å²) in [7, 11) is 0. The highest BCUT2D eigenvalue weighted by Gasteiger charge is 2.36. The number of carbonyl (C=O) groups excluding carboxylic acids is 2. The van der Waals surface area contributed by atoms with Gasteiger partial charge in [-0.15, -0.1) is 0 Å². The zero-order valence-electron chi connectivity index (χ0n) is 17.8. The summed E-state index contributed by atoms with van der Waals surface area (Å²) in [6.45, 7) is 8.76. The first-order valence-corrected chi connectivity index (χ1v) is 10.4. The van der Waals surface area contributed by atoms with E-state index in [1.165, 1.54) is 5.56 Å². The number of hydrogen-bond acceptors (Lipinski definition) is 4. The lowest BCUT2D eigenvalue weighted by Gasteiger charge is -2.37. The van der Waals surface area contributed by atoms with Crippen molar-refractivity contribution in [3.63, 3.8) is 0 Å². The molecule has 1 fully saturated rings. The number of nitrogens with zero attached hydrogens (tertiary/aromatic N) is 2. The molecule has 6 heteroatoms. The number of benzene rings is 2. The number of hydrogen-bond donors (Lipinski definition) is 0. The van der Waals surface area contributed by atoms with Gasteiger partial charge in [0, 0.05) is 18.7 Å². The molecule has 0 bridgehead atoms. The molecule has 2 heterocycles. The summed E-state index contributed by atoms with van der Waals surface area (Å²) in [5, 5.41) is 0. The molecular formula is C24H28N2O4. The topological polar surface area (TPSA) is 59.1 Å². The Morgan fingerprint density at radius 3 is 2.30 bits per heavy atom. The summed E-state index contributed by atoms with van der Waals surface area (Å²) in [6.07, 6.45) is -0.726. The van der Waals surface area contributed by atoms with Crippen LogP contribution in [0.1, 0.15) is 36.7 Å². The van der Waals surface area contributed by atoms with E-state index in [1.807, 2.05) is 42.5 Å². The van der Waals surface area contributed by atoms with Gasteiger partial charge in [0.1, 0.15) is 5.75 Å². The maximum atomic E-state index is 13.4. The summed E-state index contributed by atoms with van der Waals surface area (Å²) in [6, 6.07) is 15.1. The molecule has 6 nitrogen and oxygen atoms in total. The first-order chi connectivity index (χ1) is 14.3. The molecule has 0 aliphatic carbocycles. The third-order valence-electron chi connectivity index (χ3n) is 5.61. The summed E-state index contributed by atoms with van der Waals surface area (Å²) in [4.78, 5) is 29.8. The van der Waals surface area contributed by atoms with Gasteiger partial charge in [0.25, 0.3) is 11.8 Å². The Labute approximate surface area is 177 Å². The Bertz CT molecular complexity index is 927. The average molecular weight is 408 g/mol. The van der Waals surface area contributed by atoms with Crippen molar-refractivity contribution in [2.75, 3.05) is 37.7 Å². The van der Waals surface area contributed by atoms with Crippen LogP contribution in [0.2, 0.25) is 0 Å². The highest BCUT2D eigenvalue weighted by molar-refractivity contribution is 6.08. The van der Waals surface area contributed by atoms with E-state index in [0.29, 0.717) is 43.3 Å². The van der Waals surface area contributed by atoms with Crippen LogP contribution >= 0.6 is 0 Å². The number of amides is 2. The van der Waals surface area contributed by atoms with E-state index >= 15 is 0 Å². The number of para-hydroxylation sites is 2. The van der Waals surface area contributed by atoms with Gasteiger partial charge in [-0.1, -0.05) is 45.0 Å². The van der Waals surface area contributed by atoms with Crippen LogP contribution in [0, 0.1) is 0 Å². The van der Waals surface area contributed by atoms with Crippen molar-refractivity contribution in [1.29, 1.82) is 0 Å². The first-order valence-electron chi connectivity index (χ1n) is 10.4. The molecule has 2 aliphatic heterocycles. The minimum atomic E-state index is -0.726. The quantitative estimate of drug-likeness (QED) is 0.765. The zero-order valence-corrected chi connectivity index (χ0v) is 17.8. The van der Waals surface area contributed by atoms with Crippen molar-refractivity contribution >= 4 is 17.5 Å². The normalized spacial score (nSPS) is 19.1. The minimum absolute atomic E-state index is 0.0167. The largest absolute Gasteiger partial charge is 0.476 e. The van der Waals surface area contributed by atoms with Crippen molar-refractivity contribution in [2.45, 2.75) is 32.3 Å². The number of morpholine rings is 1. The molecule has 1 atom stereocenters. The van der Waals surface area contributed by atoms with E-state index < -0.39 is 6.10 Å². The third-order valence-corrected chi connectivity index (χ3v) is 5.61. The van der Waals surface area contributed by atoms with Crippen LogP contribution in [0.3, 0.4) is 0 Å². The lowest BCUT2D eigenvalue weighted by Crippen LogP contribution is -2.54. The van der Waals surface area contributed by atoms with E-state index in [2.05, 4.69) is 20.8 Å². The summed E-state index contributed by atoms with van der Waals surface area (Å²) in [5.41, 5.74) is 2.47. The summed E-state index contributed by atoms with van der Waals surface area (Å²) in [5.74, 6) is 0.315. The van der Waals surface area contributed by atoms with Crippen LogP contribution in [-0.2, 0) is 14.9 Å². The average Bonchev–Trinajstić information content (AvgIpc) is 2.77. The van der Waals surface area contributed by atoms with Gasteiger partial charge in [-0.25, -0.2) is 0 Å². The van der Waals surface area contributed by atoms with Gasteiger partial charge in [-0.2, -0.15) is 0 Å². The van der Waals surface area contributed by atoms with Gasteiger partial charge < -0.3 is 19.3 Å². The fraction of sp³-hybridized carbons (Fsp3) is 0.417. The molecule has 1 saturated heterocycles. The van der Waals surface area contributed by atoms with Gasteiger partial charge in [0.15, 0.2) is 6.10 Å². The molecular weight excluding hydrogens is 380 g/mol. The van der Waals surface area contributed by atoms with Crippen LogP contribution < -0.4 is 9.64 Å². The molecule has 0 spiro atoms. The Morgan fingerprint density at radius 1 is 0.967 bits per heavy atom. The van der Waals surface area contributed by atoms with Crippen LogP contribution in [-0.4, -0.2) is 55.7 Å². The number of ether oxygens (including phenoxy) is 2. The van der Waals surface area contributed by atoms with Crippen molar-refractivity contribution in [1.82, 2.24) is 4.90 Å². The van der Waals surface area contributed by atoms with E-state index in [4.69, 9.17) is 9.47 Å². The van der Waals surface area contributed by atoms with Crippen molar-refractivity contribution < 1.29 is 19.1 Å². The fourth-order valence-electron chi connectivity index (χ4n) is 3.81. The number of anilines is 1. The maximum absolute atomic E-state index is 13.4. The van der Waals surface area contributed by atoms with Crippen LogP contribution in [0.4, 0.5) is 5.69 Å². The monoisotopic (exact) mass is 408 g/mol. The van der Waals surface area contributed by atoms with Gasteiger partial charge in [-0.05, 0) is 35.2 Å². The molecule has 158 valence electrons. The third kappa shape index (κ3) is 4.05. The van der Waals surface area contributed by atoms with E-state index in [-0.39, 0.29) is 23.8 Å². The Balaban J connectivity index is 1.60. The number of rotatable bonds is 2. The van der Waals surface area contributed by atoms with Gasteiger partial charge >= 0.3 is 0 Å². The Hall–Kier alpha value is -2.86. The number of fused-ring (bicyclic) bond motifs is 1. The first kappa shape index (κ1) is 20.4. The standard InChI is InChI=1S/C24H28N2O4/c1-24(2,3)18-10-8-17(9-11-18)22(27)26-16-21(23(28)25-12-14-29-15-13-25)30-20-7-5-4-6-19(20)26/h4-11,21H,12-16H2,1-3H3/t21-/m0/s1. The molecule has 30 heavy (non-hydrogen) atoms. The molecule has 2 aromatic carbocycles. The zero-order chi connectivity index (χ0) is 21.3. The molecule has 2 aromatic rings. The summed E-state index contributed by atoms with van der Waals surface area (Å²) >= 11 is 0. The van der Waals surface area contributed by atoms with Crippen molar-refractivity contribution in [2.24, 2.45) is 0 Å². The molecule has 0 saturated carbocycles.